The van der Waals surface area contributed by atoms with Gasteiger partial charge in [-0.15, -0.1) is 0 Å². The van der Waals surface area contributed by atoms with Crippen molar-refractivity contribution in [2.45, 2.75) is 20.4 Å². The van der Waals surface area contributed by atoms with Crippen LogP contribution in [0.15, 0.2) is 36.5 Å². The predicted octanol–water partition coefficient (Wildman–Crippen LogP) is 3.19. The number of methoxy groups -OCH3 is 1. The molecule has 0 aliphatic carbocycles. The molecule has 5 nitrogen and oxygen atoms in total. The molecule has 1 heterocycles. The number of carbonyl (C=O) groups is 1. The van der Waals surface area contributed by atoms with Crippen LogP contribution in [0, 0.1) is 6.92 Å². The number of aromatic nitrogens is 1. The fraction of sp³-hybridized carbons (Fsp3) is 0.294. The smallest absolute Gasteiger partial charge is 0.341 e. The molecule has 1 aromatic heterocycles. The number of rotatable bonds is 6. The molecule has 0 aliphatic heterocycles. The molecule has 0 saturated heterocycles. The molecular formula is C17H20N2O3. The lowest BCUT2D eigenvalue weighted by molar-refractivity contribution is 0.0527. The summed E-state index contributed by atoms with van der Waals surface area (Å²) in [6, 6.07) is 9.39. The first kappa shape index (κ1) is 15.8. The maximum Gasteiger partial charge on any atom is 0.341 e. The molecule has 0 unspecified atom stereocenters. The van der Waals surface area contributed by atoms with Crippen LogP contribution in [0.1, 0.15) is 28.4 Å². The van der Waals surface area contributed by atoms with Crippen LogP contribution in [-0.4, -0.2) is 24.7 Å². The summed E-state index contributed by atoms with van der Waals surface area (Å²) in [7, 11) is 1.65. The molecule has 22 heavy (non-hydrogen) atoms. The SMILES string of the molecule is CCOC(=O)c1cccnc1NCc1ccc(C)c(OC)c1. The van der Waals surface area contributed by atoms with Crippen LogP contribution in [0.5, 0.6) is 5.75 Å². The number of anilines is 1. The molecule has 5 heteroatoms. The quantitative estimate of drug-likeness (QED) is 0.830. The Bertz CT molecular complexity index is 656. The summed E-state index contributed by atoms with van der Waals surface area (Å²) in [4.78, 5) is 16.1. The number of benzene rings is 1. The molecule has 0 aliphatic rings. The molecule has 0 spiro atoms. The van der Waals surface area contributed by atoms with Gasteiger partial charge in [-0.2, -0.15) is 0 Å². The third-order valence-electron chi connectivity index (χ3n) is 3.24. The van der Waals surface area contributed by atoms with Crippen LogP contribution in [-0.2, 0) is 11.3 Å². The molecule has 0 amide bonds. The van der Waals surface area contributed by atoms with E-state index >= 15 is 0 Å². The number of carbonyl (C=O) groups excluding carboxylic acids is 1. The largest absolute Gasteiger partial charge is 0.496 e. The van der Waals surface area contributed by atoms with Crippen molar-refractivity contribution in [2.75, 3.05) is 19.0 Å². The van der Waals surface area contributed by atoms with Crippen LogP contribution < -0.4 is 10.1 Å². The number of hydrogen-bond acceptors (Lipinski definition) is 5. The minimum Gasteiger partial charge on any atom is -0.496 e. The number of aryl methyl sites for hydroxylation is 1. The summed E-state index contributed by atoms with van der Waals surface area (Å²) >= 11 is 0. The van der Waals surface area contributed by atoms with Crippen molar-refractivity contribution in [3.63, 3.8) is 0 Å². The van der Waals surface area contributed by atoms with Gasteiger partial charge in [0, 0.05) is 12.7 Å². The van der Waals surface area contributed by atoms with Gasteiger partial charge in [-0.25, -0.2) is 9.78 Å². The van der Waals surface area contributed by atoms with Gasteiger partial charge in [0.15, 0.2) is 0 Å². The standard InChI is InChI=1S/C17H20N2O3/c1-4-22-17(20)14-6-5-9-18-16(14)19-11-13-8-7-12(2)15(10-13)21-3/h5-10H,4,11H2,1-3H3,(H,18,19). The summed E-state index contributed by atoms with van der Waals surface area (Å²) in [5, 5.41) is 3.17. The van der Waals surface area contributed by atoms with E-state index in [0.717, 1.165) is 16.9 Å². The van der Waals surface area contributed by atoms with E-state index < -0.39 is 0 Å². The molecule has 2 aromatic rings. The molecule has 0 bridgehead atoms. The van der Waals surface area contributed by atoms with Gasteiger partial charge in [-0.1, -0.05) is 12.1 Å². The average molecular weight is 300 g/mol. The van der Waals surface area contributed by atoms with Gasteiger partial charge in [0.1, 0.15) is 17.1 Å². The van der Waals surface area contributed by atoms with Gasteiger partial charge >= 0.3 is 5.97 Å². The zero-order chi connectivity index (χ0) is 15.9. The van der Waals surface area contributed by atoms with E-state index in [9.17, 15) is 4.79 Å². The normalized spacial score (nSPS) is 10.1. The Labute approximate surface area is 130 Å². The minimum atomic E-state index is -0.375. The monoisotopic (exact) mass is 300 g/mol. The van der Waals surface area contributed by atoms with Gasteiger partial charge in [0.2, 0.25) is 0 Å². The molecular weight excluding hydrogens is 280 g/mol. The highest BCUT2D eigenvalue weighted by molar-refractivity contribution is 5.94. The van der Waals surface area contributed by atoms with E-state index in [1.165, 1.54) is 0 Å². The zero-order valence-corrected chi connectivity index (χ0v) is 13.1. The molecule has 116 valence electrons. The molecule has 2 rings (SSSR count). The highest BCUT2D eigenvalue weighted by Gasteiger charge is 2.13. The van der Waals surface area contributed by atoms with Gasteiger partial charge in [0.25, 0.3) is 0 Å². The highest BCUT2D eigenvalue weighted by atomic mass is 16.5. The topological polar surface area (TPSA) is 60.5 Å². The summed E-state index contributed by atoms with van der Waals surface area (Å²) in [5.74, 6) is 0.978. The van der Waals surface area contributed by atoms with Crippen molar-refractivity contribution in [3.05, 3.63) is 53.2 Å². The zero-order valence-electron chi connectivity index (χ0n) is 13.1. The first-order valence-electron chi connectivity index (χ1n) is 7.15. The first-order valence-corrected chi connectivity index (χ1v) is 7.15. The van der Waals surface area contributed by atoms with E-state index in [4.69, 9.17) is 9.47 Å². The Hall–Kier alpha value is -2.56. The van der Waals surface area contributed by atoms with Crippen molar-refractivity contribution in [3.8, 4) is 5.75 Å². The number of esters is 1. The Morgan fingerprint density at radius 1 is 1.32 bits per heavy atom. The van der Waals surface area contributed by atoms with Gasteiger partial charge in [0.05, 0.1) is 13.7 Å². The molecule has 1 N–H and O–H groups in total. The number of ether oxygens (including phenoxy) is 2. The number of hydrogen-bond donors (Lipinski definition) is 1. The Balaban J connectivity index is 2.13. The second-order valence-electron chi connectivity index (χ2n) is 4.78. The Morgan fingerprint density at radius 2 is 2.14 bits per heavy atom. The minimum absolute atomic E-state index is 0.336. The molecule has 0 radical (unpaired) electrons. The van der Waals surface area contributed by atoms with E-state index in [2.05, 4.69) is 10.3 Å². The third kappa shape index (κ3) is 3.75. The predicted molar refractivity (Wildman–Crippen MR) is 85.3 cm³/mol. The maximum absolute atomic E-state index is 11.9. The van der Waals surface area contributed by atoms with Crippen LogP contribution in [0.2, 0.25) is 0 Å². The summed E-state index contributed by atoms with van der Waals surface area (Å²) in [6.07, 6.45) is 1.64. The lowest BCUT2D eigenvalue weighted by Gasteiger charge is -2.11. The summed E-state index contributed by atoms with van der Waals surface area (Å²) < 4.78 is 10.3. The van der Waals surface area contributed by atoms with Gasteiger partial charge in [-0.05, 0) is 43.2 Å². The van der Waals surface area contributed by atoms with Crippen LogP contribution in [0.3, 0.4) is 0 Å². The van der Waals surface area contributed by atoms with Crippen molar-refractivity contribution in [2.24, 2.45) is 0 Å². The first-order chi connectivity index (χ1) is 10.7. The molecule has 0 fully saturated rings. The van der Waals surface area contributed by atoms with Crippen molar-refractivity contribution in [1.29, 1.82) is 0 Å². The molecule has 1 aromatic carbocycles. The summed E-state index contributed by atoms with van der Waals surface area (Å²) in [5.41, 5.74) is 2.56. The fourth-order valence-corrected chi connectivity index (χ4v) is 2.08. The Kier molecular flexibility index (Phi) is 5.36. The highest BCUT2D eigenvalue weighted by Crippen LogP contribution is 2.20. The van der Waals surface area contributed by atoms with Crippen molar-refractivity contribution in [1.82, 2.24) is 4.98 Å². The van der Waals surface area contributed by atoms with E-state index in [-0.39, 0.29) is 5.97 Å². The summed E-state index contributed by atoms with van der Waals surface area (Å²) in [6.45, 7) is 4.65. The number of nitrogens with zero attached hydrogens (tertiary/aromatic N) is 1. The van der Waals surface area contributed by atoms with E-state index in [1.54, 1.807) is 32.4 Å². The fourth-order valence-electron chi connectivity index (χ4n) is 2.08. The van der Waals surface area contributed by atoms with Crippen molar-refractivity contribution < 1.29 is 14.3 Å². The average Bonchev–Trinajstić information content (AvgIpc) is 2.54. The van der Waals surface area contributed by atoms with Crippen molar-refractivity contribution >= 4 is 11.8 Å². The van der Waals surface area contributed by atoms with E-state index in [0.29, 0.717) is 24.5 Å². The second kappa shape index (κ2) is 7.45. The van der Waals surface area contributed by atoms with Crippen LogP contribution >= 0.6 is 0 Å². The number of nitrogens with one attached hydrogen (secondary N) is 1. The van der Waals surface area contributed by atoms with Gasteiger partial charge < -0.3 is 14.8 Å². The van der Waals surface area contributed by atoms with Crippen LogP contribution in [0.4, 0.5) is 5.82 Å². The second-order valence-corrected chi connectivity index (χ2v) is 4.78. The van der Waals surface area contributed by atoms with Crippen LogP contribution in [0.25, 0.3) is 0 Å². The third-order valence-corrected chi connectivity index (χ3v) is 3.24. The molecule has 0 atom stereocenters. The molecule has 0 saturated carbocycles. The van der Waals surface area contributed by atoms with Gasteiger partial charge in [-0.3, -0.25) is 0 Å². The maximum atomic E-state index is 11.9. The van der Waals surface area contributed by atoms with E-state index in [1.807, 2.05) is 25.1 Å². The lowest BCUT2D eigenvalue weighted by Crippen LogP contribution is -2.11. The number of pyridine rings is 1. The lowest BCUT2D eigenvalue weighted by atomic mass is 10.1. The Morgan fingerprint density at radius 3 is 2.86 bits per heavy atom.